The van der Waals surface area contributed by atoms with Crippen LogP contribution >= 0.6 is 0 Å². The molecule has 0 bridgehead atoms. The van der Waals surface area contributed by atoms with Gasteiger partial charge in [0.15, 0.2) is 0 Å². The van der Waals surface area contributed by atoms with Crippen LogP contribution in [0.1, 0.15) is 12.5 Å². The molecule has 0 saturated heterocycles. The van der Waals surface area contributed by atoms with Crippen molar-refractivity contribution in [1.29, 1.82) is 0 Å². The maximum absolute atomic E-state index is 10.3. The third-order valence-corrected chi connectivity index (χ3v) is 7.01. The minimum Gasteiger partial charge on any atom is -0.388 e. The number of rotatable bonds is 6. The first-order chi connectivity index (χ1) is 11.0. The standard InChI is InChI=1S/C21H26OSi/c1-18(21(22)15-14-19-10-6-4-7-11-19)16-17-23(2,3)20-12-8-5-9-13-20/h4-18,21-22H,1-3H3/b15-14+,17-16+/t18-,21-/m0/s1. The Bertz CT molecular complexity index is 644. The Morgan fingerprint density at radius 1 is 0.870 bits per heavy atom. The van der Waals surface area contributed by atoms with Crippen LogP contribution in [0, 0.1) is 5.92 Å². The van der Waals surface area contributed by atoms with E-state index in [2.05, 4.69) is 62.1 Å². The highest BCUT2D eigenvalue weighted by molar-refractivity contribution is 6.93. The maximum Gasteiger partial charge on any atom is 0.103 e. The molecule has 1 nitrogen and oxygen atoms in total. The molecule has 0 fully saturated rings. The third kappa shape index (κ3) is 5.34. The molecule has 0 aliphatic carbocycles. The van der Waals surface area contributed by atoms with Gasteiger partial charge in [-0.05, 0) is 5.56 Å². The van der Waals surface area contributed by atoms with Gasteiger partial charge in [-0.25, -0.2) is 0 Å². The van der Waals surface area contributed by atoms with E-state index in [1.54, 1.807) is 0 Å². The van der Waals surface area contributed by atoms with Crippen molar-refractivity contribution in [3.05, 3.63) is 84.1 Å². The molecular formula is C21H26OSi. The lowest BCUT2D eigenvalue weighted by Crippen LogP contribution is -2.39. The molecule has 0 spiro atoms. The van der Waals surface area contributed by atoms with Crippen molar-refractivity contribution in [2.24, 2.45) is 5.92 Å². The molecule has 2 heteroatoms. The molecule has 0 aromatic heterocycles. The van der Waals surface area contributed by atoms with Gasteiger partial charge < -0.3 is 5.11 Å². The van der Waals surface area contributed by atoms with Gasteiger partial charge in [0.05, 0.1) is 6.10 Å². The lowest BCUT2D eigenvalue weighted by atomic mass is 10.0. The van der Waals surface area contributed by atoms with Crippen LogP contribution in [0.5, 0.6) is 0 Å². The van der Waals surface area contributed by atoms with Crippen LogP contribution in [0.2, 0.25) is 13.1 Å². The van der Waals surface area contributed by atoms with Gasteiger partial charge in [0.2, 0.25) is 0 Å². The van der Waals surface area contributed by atoms with E-state index in [-0.39, 0.29) is 5.92 Å². The molecule has 2 aromatic rings. The summed E-state index contributed by atoms with van der Waals surface area (Å²) in [7, 11) is -1.59. The summed E-state index contributed by atoms with van der Waals surface area (Å²) in [6, 6.07) is 20.7. The van der Waals surface area contributed by atoms with Gasteiger partial charge in [-0.2, -0.15) is 0 Å². The van der Waals surface area contributed by atoms with E-state index in [0.717, 1.165) is 5.56 Å². The SMILES string of the molecule is C[C@@H](/C=C/[Si](C)(C)c1ccccc1)[C@@H](O)/C=C/c1ccccc1. The smallest absolute Gasteiger partial charge is 0.103 e. The number of aliphatic hydroxyl groups is 1. The summed E-state index contributed by atoms with van der Waals surface area (Å²) in [4.78, 5) is 0. The van der Waals surface area contributed by atoms with Crippen LogP contribution in [0.15, 0.2) is 78.5 Å². The number of aliphatic hydroxyl groups excluding tert-OH is 1. The van der Waals surface area contributed by atoms with Crippen LogP contribution in [-0.4, -0.2) is 19.3 Å². The maximum atomic E-state index is 10.3. The molecule has 0 amide bonds. The summed E-state index contributed by atoms with van der Waals surface area (Å²) in [5.41, 5.74) is 3.44. The fraction of sp³-hybridized carbons (Fsp3) is 0.238. The van der Waals surface area contributed by atoms with Crippen LogP contribution in [-0.2, 0) is 0 Å². The minimum atomic E-state index is -1.59. The van der Waals surface area contributed by atoms with Crippen molar-refractivity contribution in [3.8, 4) is 0 Å². The summed E-state index contributed by atoms with van der Waals surface area (Å²) >= 11 is 0. The summed E-state index contributed by atoms with van der Waals surface area (Å²) in [6.45, 7) is 6.72. The lowest BCUT2D eigenvalue weighted by Gasteiger charge is -2.20. The Morgan fingerprint density at radius 2 is 1.43 bits per heavy atom. The highest BCUT2D eigenvalue weighted by Crippen LogP contribution is 2.13. The first-order valence-electron chi connectivity index (χ1n) is 8.15. The zero-order valence-electron chi connectivity index (χ0n) is 14.2. The van der Waals surface area contributed by atoms with Gasteiger partial charge in [0.1, 0.15) is 8.07 Å². The molecule has 0 radical (unpaired) electrons. The molecular weight excluding hydrogens is 296 g/mol. The van der Waals surface area contributed by atoms with Crippen molar-refractivity contribution < 1.29 is 5.11 Å². The summed E-state index contributed by atoms with van der Waals surface area (Å²) in [5, 5.41) is 11.7. The zero-order chi connectivity index (χ0) is 16.7. The Labute approximate surface area is 141 Å². The second-order valence-corrected chi connectivity index (χ2v) is 10.9. The molecule has 120 valence electrons. The fourth-order valence-corrected chi connectivity index (χ4v) is 4.45. The minimum absolute atomic E-state index is 0.102. The van der Waals surface area contributed by atoms with Gasteiger partial charge in [-0.1, -0.05) is 110 Å². The Balaban J connectivity index is 2.00. The summed E-state index contributed by atoms with van der Waals surface area (Å²) in [5.74, 6) is 0.102. The Morgan fingerprint density at radius 3 is 2.04 bits per heavy atom. The molecule has 0 heterocycles. The second kappa shape index (κ2) is 8.09. The van der Waals surface area contributed by atoms with E-state index in [9.17, 15) is 5.11 Å². The monoisotopic (exact) mass is 322 g/mol. The zero-order valence-corrected chi connectivity index (χ0v) is 15.2. The van der Waals surface area contributed by atoms with E-state index < -0.39 is 14.2 Å². The van der Waals surface area contributed by atoms with Crippen LogP contribution in [0.4, 0.5) is 0 Å². The summed E-state index contributed by atoms with van der Waals surface area (Å²) < 4.78 is 0. The molecule has 0 aliphatic rings. The van der Waals surface area contributed by atoms with Crippen LogP contribution < -0.4 is 5.19 Å². The number of benzene rings is 2. The van der Waals surface area contributed by atoms with Crippen molar-refractivity contribution in [2.75, 3.05) is 0 Å². The topological polar surface area (TPSA) is 20.2 Å². The molecule has 23 heavy (non-hydrogen) atoms. The van der Waals surface area contributed by atoms with Crippen molar-refractivity contribution in [1.82, 2.24) is 0 Å². The van der Waals surface area contributed by atoms with Gasteiger partial charge in [-0.3, -0.25) is 0 Å². The fourth-order valence-electron chi connectivity index (χ4n) is 2.42. The van der Waals surface area contributed by atoms with E-state index >= 15 is 0 Å². The first kappa shape index (κ1) is 17.5. The normalized spacial score (nSPS) is 15.1. The second-order valence-electron chi connectivity index (χ2n) is 6.57. The van der Waals surface area contributed by atoms with E-state index in [0.29, 0.717) is 0 Å². The summed E-state index contributed by atoms with van der Waals surface area (Å²) in [6.07, 6.45) is 5.56. The van der Waals surface area contributed by atoms with Crippen molar-refractivity contribution >= 4 is 19.3 Å². The van der Waals surface area contributed by atoms with Crippen molar-refractivity contribution in [3.63, 3.8) is 0 Å². The molecule has 0 unspecified atom stereocenters. The van der Waals surface area contributed by atoms with Gasteiger partial charge in [0.25, 0.3) is 0 Å². The molecule has 2 atom stereocenters. The van der Waals surface area contributed by atoms with Crippen LogP contribution in [0.3, 0.4) is 0 Å². The largest absolute Gasteiger partial charge is 0.388 e. The van der Waals surface area contributed by atoms with E-state index in [4.69, 9.17) is 0 Å². The van der Waals surface area contributed by atoms with E-state index in [1.165, 1.54) is 5.19 Å². The highest BCUT2D eigenvalue weighted by Gasteiger charge is 2.20. The van der Waals surface area contributed by atoms with Crippen LogP contribution in [0.25, 0.3) is 6.08 Å². The van der Waals surface area contributed by atoms with Crippen molar-refractivity contribution in [2.45, 2.75) is 26.1 Å². The Kier molecular flexibility index (Phi) is 6.14. The van der Waals surface area contributed by atoms with Gasteiger partial charge in [-0.15, -0.1) is 0 Å². The third-order valence-electron chi connectivity index (χ3n) is 4.16. The Hall–Kier alpha value is -1.90. The number of hydrogen-bond acceptors (Lipinski definition) is 1. The molecule has 2 rings (SSSR count). The highest BCUT2D eigenvalue weighted by atomic mass is 28.3. The predicted octanol–water partition coefficient (Wildman–Crippen LogP) is 4.41. The molecule has 0 aliphatic heterocycles. The van der Waals surface area contributed by atoms with E-state index in [1.807, 2.05) is 42.5 Å². The van der Waals surface area contributed by atoms with Gasteiger partial charge in [0, 0.05) is 5.92 Å². The average Bonchev–Trinajstić information content (AvgIpc) is 2.59. The molecule has 0 saturated carbocycles. The average molecular weight is 323 g/mol. The molecule has 1 N–H and O–H groups in total. The lowest BCUT2D eigenvalue weighted by molar-refractivity contribution is 0.186. The number of hydrogen-bond donors (Lipinski definition) is 1. The first-order valence-corrected chi connectivity index (χ1v) is 11.2. The van der Waals surface area contributed by atoms with Gasteiger partial charge >= 0.3 is 0 Å². The molecule has 2 aromatic carbocycles. The quantitative estimate of drug-likeness (QED) is 0.781. The predicted molar refractivity (Wildman–Crippen MR) is 103 cm³/mol.